The number of fused-ring (bicyclic) bond motifs is 1. The number of halogens is 3. The van der Waals surface area contributed by atoms with E-state index in [0.29, 0.717) is 11.4 Å². The predicted molar refractivity (Wildman–Crippen MR) is 122 cm³/mol. The summed E-state index contributed by atoms with van der Waals surface area (Å²) in [6.07, 6.45) is -4.99. The number of nitrogens with one attached hydrogen (secondary N) is 1. The normalized spacial score (nSPS) is 13.0. The van der Waals surface area contributed by atoms with Crippen LogP contribution in [0.1, 0.15) is 11.7 Å². The fourth-order valence-electron chi connectivity index (χ4n) is 3.13. The number of para-hydroxylation sites is 2. The number of nitrogens with zero attached hydrogens (tertiary/aromatic N) is 6. The first kappa shape index (κ1) is 25.2. The second kappa shape index (κ2) is 10.0. The zero-order valence-corrected chi connectivity index (χ0v) is 19.8. The topological polar surface area (TPSA) is 134 Å². The molecule has 11 nitrogen and oxygen atoms in total. The summed E-state index contributed by atoms with van der Waals surface area (Å²) in [7, 11) is -1.11. The van der Waals surface area contributed by atoms with Crippen molar-refractivity contribution < 1.29 is 31.1 Å². The van der Waals surface area contributed by atoms with Crippen molar-refractivity contribution in [2.45, 2.75) is 12.3 Å². The van der Waals surface area contributed by atoms with Gasteiger partial charge >= 0.3 is 6.18 Å². The smallest absolute Gasteiger partial charge is 0.429 e. The number of methoxy groups -OCH3 is 1. The molecule has 1 aromatic carbocycles. The van der Waals surface area contributed by atoms with Crippen LogP contribution in [0.25, 0.3) is 22.4 Å². The number of aromatic nitrogens is 6. The Morgan fingerprint density at radius 1 is 1.06 bits per heavy atom. The van der Waals surface area contributed by atoms with Gasteiger partial charge in [0.2, 0.25) is 21.9 Å². The first-order valence-corrected chi connectivity index (χ1v) is 12.0. The number of anilines is 1. The molecular formula is C21H20F3N7O4S. The Bertz CT molecular complexity index is 1460. The van der Waals surface area contributed by atoms with Gasteiger partial charge in [-0.1, -0.05) is 18.2 Å². The van der Waals surface area contributed by atoms with Gasteiger partial charge in [0.25, 0.3) is 5.88 Å². The fourth-order valence-corrected chi connectivity index (χ4v) is 4.05. The third-order valence-corrected chi connectivity index (χ3v) is 6.03. The third-order valence-electron chi connectivity index (χ3n) is 4.82. The molecule has 0 aliphatic heterocycles. The second-order valence-electron chi connectivity index (χ2n) is 7.52. The minimum atomic E-state index is -4.89. The van der Waals surface area contributed by atoms with Crippen molar-refractivity contribution in [2.24, 2.45) is 7.05 Å². The van der Waals surface area contributed by atoms with Crippen LogP contribution < -0.4 is 9.46 Å². The van der Waals surface area contributed by atoms with E-state index < -0.39 is 39.8 Å². The Hall–Kier alpha value is -3.85. The number of alkyl halides is 3. The molecule has 190 valence electrons. The van der Waals surface area contributed by atoms with Gasteiger partial charge in [0, 0.05) is 25.9 Å². The number of ether oxygens (including phenoxy) is 2. The van der Waals surface area contributed by atoms with Gasteiger partial charge in [-0.2, -0.15) is 28.2 Å². The van der Waals surface area contributed by atoms with Crippen molar-refractivity contribution >= 4 is 26.9 Å². The summed E-state index contributed by atoms with van der Waals surface area (Å²) in [6, 6.07) is 8.82. The highest BCUT2D eigenvalue weighted by atomic mass is 32.2. The quantitative estimate of drug-likeness (QED) is 0.351. The summed E-state index contributed by atoms with van der Waals surface area (Å²) in [6.45, 7) is -0.137. The molecule has 3 heterocycles. The molecule has 15 heteroatoms. The maximum atomic E-state index is 14.1. The van der Waals surface area contributed by atoms with Gasteiger partial charge < -0.3 is 9.47 Å². The number of aryl methyl sites for hydroxylation is 1. The van der Waals surface area contributed by atoms with Gasteiger partial charge in [0.05, 0.1) is 35.3 Å². The minimum Gasteiger partial charge on any atom is -0.457 e. The van der Waals surface area contributed by atoms with Crippen LogP contribution in [0.3, 0.4) is 0 Å². The lowest BCUT2D eigenvalue weighted by Crippen LogP contribution is -2.28. The first-order valence-electron chi connectivity index (χ1n) is 10.4. The molecule has 0 radical (unpaired) electrons. The molecule has 4 aromatic rings. The highest BCUT2D eigenvalue weighted by Crippen LogP contribution is 2.38. The Kier molecular flexibility index (Phi) is 7.03. The lowest BCUT2D eigenvalue weighted by Gasteiger charge is -2.22. The molecule has 0 fully saturated rings. The molecule has 3 aromatic heterocycles. The first-order chi connectivity index (χ1) is 17.1. The second-order valence-corrected chi connectivity index (χ2v) is 9.36. The Morgan fingerprint density at radius 2 is 1.78 bits per heavy atom. The predicted octanol–water partition coefficient (Wildman–Crippen LogP) is 2.89. The van der Waals surface area contributed by atoms with E-state index in [4.69, 9.17) is 9.47 Å². The number of sulfonamides is 1. The van der Waals surface area contributed by atoms with Crippen LogP contribution in [-0.4, -0.2) is 64.0 Å². The molecule has 4 rings (SSSR count). The number of rotatable bonds is 9. The van der Waals surface area contributed by atoms with Crippen LogP contribution in [-0.2, 0) is 21.8 Å². The average molecular weight is 523 g/mol. The molecule has 1 unspecified atom stereocenters. The third kappa shape index (κ3) is 5.85. The van der Waals surface area contributed by atoms with E-state index in [1.807, 2.05) is 0 Å². The molecule has 0 aliphatic carbocycles. The van der Waals surface area contributed by atoms with Gasteiger partial charge in [-0.3, -0.25) is 9.71 Å². The fraction of sp³-hybridized carbons (Fsp3) is 0.286. The Balaban J connectivity index is 1.72. The SMILES string of the molecule is COCCS(=O)(=O)Nc1nc2ccccc2nc1OC(c1ccc(-c2cnn(C)n2)nc1)C(F)(F)F. The summed E-state index contributed by atoms with van der Waals surface area (Å²) in [5, 5.41) is 7.97. The van der Waals surface area contributed by atoms with Crippen molar-refractivity contribution in [1.29, 1.82) is 0 Å². The van der Waals surface area contributed by atoms with Crippen LogP contribution in [0.2, 0.25) is 0 Å². The Labute approximate surface area is 203 Å². The number of benzene rings is 1. The van der Waals surface area contributed by atoms with Crippen molar-refractivity contribution in [1.82, 2.24) is 29.9 Å². The summed E-state index contributed by atoms with van der Waals surface area (Å²) in [5.74, 6) is -1.58. The zero-order chi connectivity index (χ0) is 25.9. The van der Waals surface area contributed by atoms with E-state index in [-0.39, 0.29) is 23.2 Å². The number of hydrogen-bond donors (Lipinski definition) is 1. The molecule has 1 atom stereocenters. The molecule has 0 bridgehead atoms. The van der Waals surface area contributed by atoms with Gasteiger partial charge in [-0.15, -0.1) is 0 Å². The van der Waals surface area contributed by atoms with Crippen LogP contribution in [0.5, 0.6) is 5.88 Å². The maximum absolute atomic E-state index is 14.1. The lowest BCUT2D eigenvalue weighted by molar-refractivity contribution is -0.198. The van der Waals surface area contributed by atoms with Crippen molar-refractivity contribution in [3.63, 3.8) is 0 Å². The van der Waals surface area contributed by atoms with Gasteiger partial charge in [0.15, 0.2) is 0 Å². The van der Waals surface area contributed by atoms with E-state index >= 15 is 0 Å². The number of pyridine rings is 1. The highest BCUT2D eigenvalue weighted by molar-refractivity contribution is 7.92. The van der Waals surface area contributed by atoms with E-state index in [2.05, 4.69) is 29.9 Å². The standard InChI is InChI=1S/C21H20F3N7O4S/c1-31-26-12-17(29-31)14-8-7-13(11-25-14)18(21(22,23)24)35-20-19(30-36(32,33)10-9-34-2)27-15-5-3-4-6-16(15)28-20/h3-8,11-12,18H,9-10H2,1-2H3,(H,27,30). The molecule has 0 saturated heterocycles. The average Bonchev–Trinajstić information content (AvgIpc) is 3.27. The summed E-state index contributed by atoms with van der Waals surface area (Å²) in [5.41, 5.74) is 0.821. The van der Waals surface area contributed by atoms with Gasteiger partial charge in [-0.25, -0.2) is 18.4 Å². The van der Waals surface area contributed by atoms with Crippen LogP contribution in [0.4, 0.5) is 19.0 Å². The monoisotopic (exact) mass is 523 g/mol. The van der Waals surface area contributed by atoms with Crippen molar-refractivity contribution in [3.05, 3.63) is 54.4 Å². The van der Waals surface area contributed by atoms with Crippen molar-refractivity contribution in [2.75, 3.05) is 24.2 Å². The highest BCUT2D eigenvalue weighted by Gasteiger charge is 2.44. The van der Waals surface area contributed by atoms with E-state index in [0.717, 1.165) is 6.20 Å². The molecular weight excluding hydrogens is 503 g/mol. The largest absolute Gasteiger partial charge is 0.457 e. The van der Waals surface area contributed by atoms with E-state index in [1.165, 1.54) is 42.4 Å². The zero-order valence-electron chi connectivity index (χ0n) is 19.0. The van der Waals surface area contributed by atoms with Gasteiger partial charge in [0.1, 0.15) is 5.69 Å². The molecule has 0 saturated carbocycles. The van der Waals surface area contributed by atoms with E-state index in [9.17, 15) is 21.6 Å². The number of hydrogen-bond acceptors (Lipinski definition) is 9. The van der Waals surface area contributed by atoms with Crippen LogP contribution >= 0.6 is 0 Å². The molecule has 0 aliphatic rings. The Morgan fingerprint density at radius 3 is 2.36 bits per heavy atom. The minimum absolute atomic E-state index is 0.137. The van der Waals surface area contributed by atoms with E-state index in [1.54, 1.807) is 19.2 Å². The molecule has 1 N–H and O–H groups in total. The molecule has 0 spiro atoms. The molecule has 36 heavy (non-hydrogen) atoms. The maximum Gasteiger partial charge on any atom is 0.429 e. The van der Waals surface area contributed by atoms with Crippen molar-refractivity contribution in [3.8, 4) is 17.3 Å². The van der Waals surface area contributed by atoms with Crippen LogP contribution in [0, 0.1) is 0 Å². The van der Waals surface area contributed by atoms with Crippen LogP contribution in [0.15, 0.2) is 48.8 Å². The summed E-state index contributed by atoms with van der Waals surface area (Å²) < 4.78 is 79.3. The lowest BCUT2D eigenvalue weighted by atomic mass is 10.1. The summed E-state index contributed by atoms with van der Waals surface area (Å²) in [4.78, 5) is 13.6. The van der Waals surface area contributed by atoms with Gasteiger partial charge in [-0.05, 0) is 18.2 Å². The summed E-state index contributed by atoms with van der Waals surface area (Å²) >= 11 is 0. The molecule has 0 amide bonds.